The first-order chi connectivity index (χ1) is 15.2. The predicted octanol–water partition coefficient (Wildman–Crippen LogP) is 4.54. The molecule has 0 amide bonds. The van der Waals surface area contributed by atoms with Crippen molar-refractivity contribution in [1.29, 1.82) is 5.26 Å². The number of aromatic nitrogens is 4. The summed E-state index contributed by atoms with van der Waals surface area (Å²) in [5, 5.41) is 20.5. The van der Waals surface area contributed by atoms with Crippen LogP contribution in [-0.2, 0) is 11.6 Å². The van der Waals surface area contributed by atoms with Crippen LogP contribution in [0.4, 0.5) is 30.8 Å². The molecule has 2 aromatic rings. The number of rotatable bonds is 2. The molecular formula is C21H24F3N7O. The van der Waals surface area contributed by atoms with Gasteiger partial charge in [-0.3, -0.25) is 0 Å². The van der Waals surface area contributed by atoms with Crippen LogP contribution in [0.2, 0.25) is 0 Å². The molecule has 1 aliphatic heterocycles. The molecule has 170 valence electrons. The highest BCUT2D eigenvalue weighted by Crippen LogP contribution is 2.45. The SMILES string of the molecule is CC(C)(C#N)c1nn(C2CCC2)c2c1OCC1CCC1Nc1nc(ncc1C(F)(F)F)N2. The maximum Gasteiger partial charge on any atom is 0.421 e. The Labute approximate surface area is 183 Å². The zero-order chi connectivity index (χ0) is 22.7. The first kappa shape index (κ1) is 20.8. The molecule has 2 N–H and O–H groups in total. The minimum atomic E-state index is -4.57. The Morgan fingerprint density at radius 3 is 2.59 bits per heavy atom. The van der Waals surface area contributed by atoms with Gasteiger partial charge in [0.15, 0.2) is 11.6 Å². The highest BCUT2D eigenvalue weighted by Gasteiger charge is 2.41. The number of nitriles is 1. The molecule has 2 fully saturated rings. The van der Waals surface area contributed by atoms with Crippen molar-refractivity contribution in [3.63, 3.8) is 0 Å². The van der Waals surface area contributed by atoms with Gasteiger partial charge in [-0.1, -0.05) is 0 Å². The molecule has 2 aromatic heterocycles. The molecule has 0 spiro atoms. The number of hydrogen-bond donors (Lipinski definition) is 2. The number of alkyl halides is 3. The van der Waals surface area contributed by atoms with Gasteiger partial charge in [0, 0.05) is 18.2 Å². The van der Waals surface area contributed by atoms with Crippen LogP contribution in [-0.4, -0.2) is 32.4 Å². The lowest BCUT2D eigenvalue weighted by molar-refractivity contribution is -0.137. The fourth-order valence-electron chi connectivity index (χ4n) is 4.22. The molecule has 2 bridgehead atoms. The van der Waals surface area contributed by atoms with E-state index >= 15 is 0 Å². The van der Waals surface area contributed by atoms with Crippen LogP contribution in [0.25, 0.3) is 0 Å². The first-order valence-electron chi connectivity index (χ1n) is 10.8. The van der Waals surface area contributed by atoms with Crippen LogP contribution in [0, 0.1) is 17.2 Å². The number of ether oxygens (including phenoxy) is 1. The molecule has 32 heavy (non-hydrogen) atoms. The van der Waals surface area contributed by atoms with E-state index < -0.39 is 17.2 Å². The molecule has 0 aromatic carbocycles. The van der Waals surface area contributed by atoms with Crippen LogP contribution < -0.4 is 15.4 Å². The quantitative estimate of drug-likeness (QED) is 0.697. The van der Waals surface area contributed by atoms with Gasteiger partial charge in [0.05, 0.1) is 24.1 Å². The first-order valence-corrected chi connectivity index (χ1v) is 10.8. The van der Waals surface area contributed by atoms with E-state index in [-0.39, 0.29) is 29.8 Å². The van der Waals surface area contributed by atoms with Crippen molar-refractivity contribution in [1.82, 2.24) is 19.7 Å². The van der Waals surface area contributed by atoms with Crippen LogP contribution >= 0.6 is 0 Å². The van der Waals surface area contributed by atoms with Crippen LogP contribution in [0.5, 0.6) is 5.75 Å². The van der Waals surface area contributed by atoms with Crippen molar-refractivity contribution in [3.8, 4) is 11.8 Å². The van der Waals surface area contributed by atoms with Gasteiger partial charge in [0.25, 0.3) is 0 Å². The monoisotopic (exact) mass is 447 g/mol. The molecular weight excluding hydrogens is 423 g/mol. The Kier molecular flexibility index (Phi) is 4.72. The average molecular weight is 447 g/mol. The number of nitrogens with one attached hydrogen (secondary N) is 2. The van der Waals surface area contributed by atoms with Crippen molar-refractivity contribution in [2.45, 2.75) is 69.6 Å². The molecule has 0 radical (unpaired) electrons. The van der Waals surface area contributed by atoms with Gasteiger partial charge >= 0.3 is 6.18 Å². The second kappa shape index (κ2) is 7.25. The van der Waals surface area contributed by atoms with Crippen molar-refractivity contribution in [2.75, 3.05) is 17.2 Å². The third-order valence-electron chi connectivity index (χ3n) is 6.66. The summed E-state index contributed by atoms with van der Waals surface area (Å²) in [4.78, 5) is 8.11. The Bertz CT molecular complexity index is 1080. The van der Waals surface area contributed by atoms with Crippen LogP contribution in [0.15, 0.2) is 6.20 Å². The number of anilines is 3. The Morgan fingerprint density at radius 2 is 2.00 bits per heavy atom. The fraction of sp³-hybridized carbons (Fsp3) is 0.619. The molecule has 2 saturated carbocycles. The van der Waals surface area contributed by atoms with E-state index in [4.69, 9.17) is 9.84 Å². The molecule has 5 rings (SSSR count). The maximum atomic E-state index is 13.6. The third-order valence-corrected chi connectivity index (χ3v) is 6.66. The van der Waals surface area contributed by atoms with Gasteiger partial charge in [0.1, 0.15) is 17.1 Å². The summed E-state index contributed by atoms with van der Waals surface area (Å²) in [7, 11) is 0. The molecule has 0 saturated heterocycles. The Balaban J connectivity index is 1.66. The Hall–Kier alpha value is -3.03. The van der Waals surface area contributed by atoms with E-state index in [1.54, 1.807) is 18.5 Å². The van der Waals surface area contributed by atoms with E-state index in [0.717, 1.165) is 38.3 Å². The highest BCUT2D eigenvalue weighted by atomic mass is 19.4. The zero-order valence-electron chi connectivity index (χ0n) is 17.8. The summed E-state index contributed by atoms with van der Waals surface area (Å²) >= 11 is 0. The van der Waals surface area contributed by atoms with Crippen LogP contribution in [0.1, 0.15) is 63.3 Å². The zero-order valence-corrected chi connectivity index (χ0v) is 17.8. The fourth-order valence-corrected chi connectivity index (χ4v) is 4.22. The van der Waals surface area contributed by atoms with E-state index in [1.165, 1.54) is 0 Å². The second-order valence-electron chi connectivity index (χ2n) is 9.27. The molecule has 8 nitrogen and oxygen atoms in total. The number of hydrogen-bond acceptors (Lipinski definition) is 7. The van der Waals surface area contributed by atoms with E-state index in [2.05, 4.69) is 26.7 Å². The number of nitrogens with zero attached hydrogens (tertiary/aromatic N) is 5. The Morgan fingerprint density at radius 1 is 1.22 bits per heavy atom. The minimum Gasteiger partial charge on any atom is -0.487 e. The topological polar surface area (TPSA) is 101 Å². The van der Waals surface area contributed by atoms with Gasteiger partial charge in [-0.15, -0.1) is 0 Å². The smallest absolute Gasteiger partial charge is 0.421 e. The van der Waals surface area contributed by atoms with Gasteiger partial charge in [-0.25, -0.2) is 9.67 Å². The lowest BCUT2D eigenvalue weighted by Crippen LogP contribution is -2.42. The summed E-state index contributed by atoms with van der Waals surface area (Å²) in [6.45, 7) is 3.85. The summed E-state index contributed by atoms with van der Waals surface area (Å²) in [5.74, 6) is 0.730. The molecule has 2 atom stereocenters. The molecule has 2 aliphatic carbocycles. The number of halogens is 3. The van der Waals surface area contributed by atoms with Gasteiger partial charge in [-0.2, -0.15) is 28.5 Å². The van der Waals surface area contributed by atoms with Gasteiger partial charge < -0.3 is 15.4 Å². The lowest BCUT2D eigenvalue weighted by atomic mass is 9.80. The van der Waals surface area contributed by atoms with E-state index in [1.807, 2.05) is 0 Å². The third kappa shape index (κ3) is 3.42. The maximum absolute atomic E-state index is 13.6. The van der Waals surface area contributed by atoms with Gasteiger partial charge in [-0.05, 0) is 46.0 Å². The number of fused-ring (bicyclic) bond motifs is 4. The largest absolute Gasteiger partial charge is 0.487 e. The molecule has 3 aliphatic rings. The second-order valence-corrected chi connectivity index (χ2v) is 9.27. The normalized spacial score (nSPS) is 23.0. The minimum absolute atomic E-state index is 0.0184. The van der Waals surface area contributed by atoms with Crippen molar-refractivity contribution in [3.05, 3.63) is 17.5 Å². The highest BCUT2D eigenvalue weighted by molar-refractivity contribution is 5.64. The lowest BCUT2D eigenvalue weighted by Gasteiger charge is -2.37. The van der Waals surface area contributed by atoms with E-state index in [0.29, 0.717) is 23.9 Å². The predicted molar refractivity (Wildman–Crippen MR) is 110 cm³/mol. The van der Waals surface area contributed by atoms with E-state index in [9.17, 15) is 18.4 Å². The molecule has 2 unspecified atom stereocenters. The summed E-state index contributed by atoms with van der Waals surface area (Å²) in [6, 6.07) is 2.22. The summed E-state index contributed by atoms with van der Waals surface area (Å²) in [6.07, 6.45) is 0.691. The summed E-state index contributed by atoms with van der Waals surface area (Å²) in [5.41, 5.74) is -1.30. The average Bonchev–Trinajstić information content (AvgIpc) is 3.01. The summed E-state index contributed by atoms with van der Waals surface area (Å²) < 4.78 is 48.7. The van der Waals surface area contributed by atoms with Gasteiger partial charge in [0.2, 0.25) is 5.95 Å². The van der Waals surface area contributed by atoms with Crippen molar-refractivity contribution >= 4 is 17.6 Å². The van der Waals surface area contributed by atoms with Crippen molar-refractivity contribution < 1.29 is 17.9 Å². The molecule has 11 heteroatoms. The standard InChI is InChI=1S/C21H24F3N7O/c1-20(2,10-25)16-15-18(31(30-16)12-4-3-5-12)29-19-26-8-13(21(22,23)24)17(28-19)27-14-7-6-11(14)9-32-15/h8,11-12,14H,3-7,9H2,1-2H3,(H2,26,27,28,29). The molecule has 3 heterocycles. The van der Waals surface area contributed by atoms with Crippen LogP contribution in [0.3, 0.4) is 0 Å². The van der Waals surface area contributed by atoms with Crippen molar-refractivity contribution in [2.24, 2.45) is 5.92 Å².